The maximum absolute atomic E-state index is 5.25. The second kappa shape index (κ2) is 6.21. The van der Waals surface area contributed by atoms with Gasteiger partial charge >= 0.3 is 0 Å². The predicted octanol–water partition coefficient (Wildman–Crippen LogP) is 0.749. The topological polar surface area (TPSA) is 35.2 Å². The van der Waals surface area contributed by atoms with Crippen LogP contribution in [-0.4, -0.2) is 13.3 Å². The Labute approximate surface area is 50.4 Å². The Bertz CT molecular complexity index is 30.9. The van der Waals surface area contributed by atoms with Crippen molar-refractivity contribution in [1.29, 1.82) is 0 Å². The third kappa shape index (κ3) is 6.21. The van der Waals surface area contributed by atoms with E-state index >= 15 is 0 Å². The van der Waals surface area contributed by atoms with Gasteiger partial charge in [0.2, 0.25) is 0 Å². The molecule has 0 aliphatic heterocycles. The van der Waals surface area contributed by atoms with Gasteiger partial charge in [0.25, 0.3) is 0 Å². The quantitative estimate of drug-likeness (QED) is 0.553. The first-order chi connectivity index (χ1) is 2.81. The zero-order valence-corrected chi connectivity index (χ0v) is 5.49. The van der Waals surface area contributed by atoms with Crippen molar-refractivity contribution in [1.82, 2.24) is 0 Å². The van der Waals surface area contributed by atoms with E-state index in [0.717, 1.165) is 6.42 Å². The monoisotopic (exact) mass is 125 g/mol. The lowest BCUT2D eigenvalue weighted by Crippen LogP contribution is -2.19. The summed E-state index contributed by atoms with van der Waals surface area (Å²) in [6, 6.07) is 0. The maximum atomic E-state index is 5.25. The molecule has 0 radical (unpaired) electrons. The molecule has 2 nitrogen and oxygen atoms in total. The molecule has 2 N–H and O–H groups in total. The van der Waals surface area contributed by atoms with Gasteiger partial charge in [0, 0.05) is 7.11 Å². The van der Waals surface area contributed by atoms with Gasteiger partial charge in [0.1, 0.15) is 6.23 Å². The van der Waals surface area contributed by atoms with Crippen LogP contribution in [0.2, 0.25) is 0 Å². The summed E-state index contributed by atoms with van der Waals surface area (Å²) in [6.07, 6.45) is 0.821. The van der Waals surface area contributed by atoms with Crippen LogP contribution in [0.5, 0.6) is 0 Å². The number of rotatable bonds is 2. The van der Waals surface area contributed by atoms with Crippen molar-refractivity contribution in [2.45, 2.75) is 19.6 Å². The van der Waals surface area contributed by atoms with Crippen LogP contribution < -0.4 is 5.73 Å². The highest BCUT2D eigenvalue weighted by atomic mass is 35.5. The summed E-state index contributed by atoms with van der Waals surface area (Å²) in [6.45, 7) is 1.98. The molecule has 0 amide bonds. The Kier molecular flexibility index (Phi) is 9.09. The van der Waals surface area contributed by atoms with Crippen LogP contribution in [0.4, 0.5) is 0 Å². The van der Waals surface area contributed by atoms with E-state index in [2.05, 4.69) is 4.74 Å². The van der Waals surface area contributed by atoms with E-state index in [1.54, 1.807) is 7.11 Å². The van der Waals surface area contributed by atoms with Gasteiger partial charge in [-0.05, 0) is 6.42 Å². The van der Waals surface area contributed by atoms with Crippen LogP contribution in [0.3, 0.4) is 0 Å². The summed E-state index contributed by atoms with van der Waals surface area (Å²) in [5, 5.41) is 0. The molecule has 3 heteroatoms. The molecular weight excluding hydrogens is 114 g/mol. The molecule has 0 rings (SSSR count). The average Bonchev–Trinajstić information content (AvgIpc) is 1.65. The fraction of sp³-hybridized carbons (Fsp3) is 1.00. The van der Waals surface area contributed by atoms with Gasteiger partial charge in [-0.3, -0.25) is 0 Å². The number of nitrogens with two attached hydrogens (primary N) is 1. The lowest BCUT2D eigenvalue weighted by Gasteiger charge is -2.01. The van der Waals surface area contributed by atoms with Crippen LogP contribution in [0.25, 0.3) is 0 Å². The van der Waals surface area contributed by atoms with Gasteiger partial charge in [-0.25, -0.2) is 0 Å². The zero-order valence-electron chi connectivity index (χ0n) is 4.68. The third-order valence-electron chi connectivity index (χ3n) is 0.705. The van der Waals surface area contributed by atoms with Crippen molar-refractivity contribution in [2.75, 3.05) is 7.11 Å². The Morgan fingerprint density at radius 1 is 1.71 bits per heavy atom. The van der Waals surface area contributed by atoms with Gasteiger partial charge in [-0.2, -0.15) is 0 Å². The van der Waals surface area contributed by atoms with Gasteiger partial charge < -0.3 is 10.5 Å². The van der Waals surface area contributed by atoms with E-state index in [1.807, 2.05) is 6.92 Å². The molecule has 0 saturated heterocycles. The molecule has 0 aliphatic rings. The lowest BCUT2D eigenvalue weighted by atomic mass is 10.4. The fourth-order valence-corrected chi connectivity index (χ4v) is 0.167. The molecule has 0 aromatic carbocycles. The Hall–Kier alpha value is 0.210. The molecule has 0 aliphatic carbocycles. The first-order valence-electron chi connectivity index (χ1n) is 2.09. The normalized spacial score (nSPS) is 12.4. The highest BCUT2D eigenvalue weighted by molar-refractivity contribution is 5.85. The fourth-order valence-electron chi connectivity index (χ4n) is 0.167. The van der Waals surface area contributed by atoms with Crippen molar-refractivity contribution >= 4 is 12.4 Å². The first-order valence-corrected chi connectivity index (χ1v) is 2.09. The Morgan fingerprint density at radius 2 is 2.14 bits per heavy atom. The highest BCUT2D eigenvalue weighted by Gasteiger charge is 1.88. The smallest absolute Gasteiger partial charge is 0.104 e. The number of ether oxygens (including phenoxy) is 1. The molecule has 0 aromatic rings. The van der Waals surface area contributed by atoms with Gasteiger partial charge in [-0.1, -0.05) is 6.92 Å². The summed E-state index contributed by atoms with van der Waals surface area (Å²) in [5.74, 6) is 0. The minimum absolute atomic E-state index is 0. The molecule has 1 atom stereocenters. The summed E-state index contributed by atoms with van der Waals surface area (Å²) in [7, 11) is 1.61. The molecule has 1 unspecified atom stereocenters. The third-order valence-corrected chi connectivity index (χ3v) is 0.705. The molecule has 0 fully saturated rings. The van der Waals surface area contributed by atoms with Crippen LogP contribution in [0.1, 0.15) is 13.3 Å². The minimum Gasteiger partial charge on any atom is -0.367 e. The van der Waals surface area contributed by atoms with Crippen molar-refractivity contribution in [2.24, 2.45) is 5.73 Å². The number of hydrogen-bond acceptors (Lipinski definition) is 2. The van der Waals surface area contributed by atoms with E-state index in [4.69, 9.17) is 5.73 Å². The summed E-state index contributed by atoms with van der Waals surface area (Å²) in [4.78, 5) is 0. The Morgan fingerprint density at radius 3 is 2.14 bits per heavy atom. The van der Waals surface area contributed by atoms with Crippen LogP contribution >= 0.6 is 12.4 Å². The van der Waals surface area contributed by atoms with E-state index < -0.39 is 0 Å². The molecule has 0 saturated carbocycles. The Balaban J connectivity index is 0. The molecule has 0 aromatic heterocycles. The number of methoxy groups -OCH3 is 1. The van der Waals surface area contributed by atoms with Crippen LogP contribution in [0, 0.1) is 0 Å². The largest absolute Gasteiger partial charge is 0.367 e. The zero-order chi connectivity index (χ0) is 4.99. The average molecular weight is 126 g/mol. The van der Waals surface area contributed by atoms with Crippen molar-refractivity contribution in [3.05, 3.63) is 0 Å². The number of halogens is 1. The lowest BCUT2D eigenvalue weighted by molar-refractivity contribution is 0.105. The first kappa shape index (κ1) is 10.2. The van der Waals surface area contributed by atoms with E-state index in [0.29, 0.717) is 0 Å². The molecule has 0 bridgehead atoms. The highest BCUT2D eigenvalue weighted by Crippen LogP contribution is 1.81. The molecule has 46 valence electrons. The second-order valence-corrected chi connectivity index (χ2v) is 1.18. The van der Waals surface area contributed by atoms with Gasteiger partial charge in [-0.15, -0.1) is 12.4 Å². The summed E-state index contributed by atoms with van der Waals surface area (Å²) < 4.78 is 4.68. The van der Waals surface area contributed by atoms with E-state index in [-0.39, 0.29) is 18.6 Å². The maximum Gasteiger partial charge on any atom is 0.104 e. The van der Waals surface area contributed by atoms with Gasteiger partial charge in [0.05, 0.1) is 0 Å². The van der Waals surface area contributed by atoms with Crippen LogP contribution in [-0.2, 0) is 4.74 Å². The standard InChI is InChI=1S/C4H11NO.ClH/c1-3-4(5)6-2;/h4H,3,5H2,1-2H3;1H. The number of hydrogen-bond donors (Lipinski definition) is 1. The van der Waals surface area contributed by atoms with E-state index in [1.165, 1.54) is 0 Å². The molecule has 7 heavy (non-hydrogen) atoms. The SMILES string of the molecule is CCC(N)OC.Cl. The van der Waals surface area contributed by atoms with Gasteiger partial charge in [0.15, 0.2) is 0 Å². The molecule has 0 heterocycles. The predicted molar refractivity (Wildman–Crippen MR) is 32.5 cm³/mol. The molecule has 0 spiro atoms. The summed E-state index contributed by atoms with van der Waals surface area (Å²) >= 11 is 0. The van der Waals surface area contributed by atoms with Crippen molar-refractivity contribution < 1.29 is 4.74 Å². The van der Waals surface area contributed by atoms with Crippen LogP contribution in [0.15, 0.2) is 0 Å². The molecular formula is C4H12ClNO. The minimum atomic E-state index is -0.0648. The second-order valence-electron chi connectivity index (χ2n) is 1.18. The van der Waals surface area contributed by atoms with Crippen molar-refractivity contribution in [3.63, 3.8) is 0 Å². The summed E-state index contributed by atoms with van der Waals surface area (Å²) in [5.41, 5.74) is 5.25. The van der Waals surface area contributed by atoms with E-state index in [9.17, 15) is 0 Å². The van der Waals surface area contributed by atoms with Crippen molar-refractivity contribution in [3.8, 4) is 0 Å².